The Balaban J connectivity index is 2.18. The molecular formula is C15H22N4O. The molecule has 2 rings (SSSR count). The number of aromatic nitrogens is 2. The van der Waals surface area contributed by atoms with Crippen LogP contribution in [0.4, 0.5) is 11.5 Å². The number of rotatable bonds is 7. The number of fused-ring (bicyclic) bond motifs is 1. The summed E-state index contributed by atoms with van der Waals surface area (Å²) >= 11 is 0. The molecule has 0 amide bonds. The Morgan fingerprint density at radius 1 is 1.40 bits per heavy atom. The standard InChI is InChI=1S/C15H22N4O/c1-2-3-4-6-11(10-20)18-13-9-14(16)19-12-7-5-8-17-15(12)13/h5,7-9,11,20H,2-4,6,10H2,1H3,(H3,16,18,19)/t11-/m1/s1. The minimum atomic E-state index is 0.0218. The Bertz CT molecular complexity index is 559. The average Bonchev–Trinajstić information content (AvgIpc) is 2.46. The smallest absolute Gasteiger partial charge is 0.126 e. The molecule has 5 nitrogen and oxygen atoms in total. The molecule has 0 bridgehead atoms. The van der Waals surface area contributed by atoms with E-state index >= 15 is 0 Å². The first-order valence-corrected chi connectivity index (χ1v) is 7.13. The predicted octanol–water partition coefficient (Wildman–Crippen LogP) is 2.57. The fourth-order valence-electron chi connectivity index (χ4n) is 2.26. The Hall–Kier alpha value is -1.88. The van der Waals surface area contributed by atoms with Crippen molar-refractivity contribution >= 4 is 22.5 Å². The molecule has 0 aliphatic carbocycles. The van der Waals surface area contributed by atoms with Gasteiger partial charge in [0.05, 0.1) is 17.8 Å². The van der Waals surface area contributed by atoms with Crippen molar-refractivity contribution in [3.8, 4) is 0 Å². The number of nitrogens with one attached hydrogen (secondary N) is 1. The van der Waals surface area contributed by atoms with E-state index in [-0.39, 0.29) is 12.6 Å². The molecule has 20 heavy (non-hydrogen) atoms. The summed E-state index contributed by atoms with van der Waals surface area (Å²) in [5.74, 6) is 0.457. The van der Waals surface area contributed by atoms with E-state index in [1.54, 1.807) is 12.3 Å². The lowest BCUT2D eigenvalue weighted by Crippen LogP contribution is -2.24. The normalized spacial score (nSPS) is 12.5. The van der Waals surface area contributed by atoms with Gasteiger partial charge in [0.1, 0.15) is 11.3 Å². The summed E-state index contributed by atoms with van der Waals surface area (Å²) in [5, 5.41) is 12.8. The summed E-state index contributed by atoms with van der Waals surface area (Å²) in [6.45, 7) is 2.27. The number of nitrogens with two attached hydrogens (primary N) is 1. The SMILES string of the molecule is CCCCC[C@H](CO)Nc1cc(N)nc2cccnc12. The van der Waals surface area contributed by atoms with Crippen molar-refractivity contribution in [3.05, 3.63) is 24.4 Å². The molecule has 0 unspecified atom stereocenters. The van der Waals surface area contributed by atoms with Gasteiger partial charge >= 0.3 is 0 Å². The van der Waals surface area contributed by atoms with Crippen molar-refractivity contribution < 1.29 is 5.11 Å². The van der Waals surface area contributed by atoms with Crippen LogP contribution in [0.25, 0.3) is 11.0 Å². The van der Waals surface area contributed by atoms with Crippen LogP contribution in [0.15, 0.2) is 24.4 Å². The van der Waals surface area contributed by atoms with E-state index in [9.17, 15) is 5.11 Å². The Morgan fingerprint density at radius 2 is 2.25 bits per heavy atom. The summed E-state index contributed by atoms with van der Waals surface area (Å²) in [6.07, 6.45) is 6.11. The number of unbranched alkanes of at least 4 members (excludes halogenated alkanes) is 2. The van der Waals surface area contributed by atoms with Crippen molar-refractivity contribution in [2.75, 3.05) is 17.7 Å². The third-order valence-electron chi connectivity index (χ3n) is 3.32. The molecule has 0 saturated heterocycles. The molecule has 2 aromatic heterocycles. The highest BCUT2D eigenvalue weighted by molar-refractivity contribution is 5.89. The fraction of sp³-hybridized carbons (Fsp3) is 0.467. The molecule has 4 N–H and O–H groups in total. The Morgan fingerprint density at radius 3 is 3.00 bits per heavy atom. The lowest BCUT2D eigenvalue weighted by Gasteiger charge is -2.18. The number of nitrogen functional groups attached to an aromatic ring is 1. The number of pyridine rings is 2. The zero-order valence-electron chi connectivity index (χ0n) is 11.8. The third kappa shape index (κ3) is 3.57. The number of hydrogen-bond donors (Lipinski definition) is 3. The quantitative estimate of drug-likeness (QED) is 0.676. The van der Waals surface area contributed by atoms with Crippen molar-refractivity contribution in [3.63, 3.8) is 0 Å². The zero-order chi connectivity index (χ0) is 14.4. The van der Waals surface area contributed by atoms with Gasteiger partial charge in [-0.25, -0.2) is 4.98 Å². The fourth-order valence-corrected chi connectivity index (χ4v) is 2.26. The minimum Gasteiger partial charge on any atom is -0.394 e. The summed E-state index contributed by atoms with van der Waals surface area (Å²) in [6, 6.07) is 5.52. The lowest BCUT2D eigenvalue weighted by molar-refractivity contribution is 0.266. The first kappa shape index (κ1) is 14.5. The van der Waals surface area contributed by atoms with Crippen molar-refractivity contribution in [1.82, 2.24) is 9.97 Å². The maximum atomic E-state index is 9.50. The molecule has 0 aliphatic rings. The van der Waals surface area contributed by atoms with Crippen molar-refractivity contribution in [2.24, 2.45) is 0 Å². The summed E-state index contributed by atoms with van der Waals surface area (Å²) in [5.41, 5.74) is 8.21. The molecule has 5 heteroatoms. The Labute approximate surface area is 119 Å². The van der Waals surface area contributed by atoms with E-state index in [1.807, 2.05) is 12.1 Å². The number of hydrogen-bond acceptors (Lipinski definition) is 5. The summed E-state index contributed by atoms with van der Waals surface area (Å²) < 4.78 is 0. The topological polar surface area (TPSA) is 84.1 Å². The summed E-state index contributed by atoms with van der Waals surface area (Å²) in [4.78, 5) is 8.60. The van der Waals surface area contributed by atoms with Gasteiger partial charge in [0.2, 0.25) is 0 Å². The van der Waals surface area contributed by atoms with Gasteiger partial charge in [-0.1, -0.05) is 26.2 Å². The minimum absolute atomic E-state index is 0.0218. The van der Waals surface area contributed by atoms with E-state index in [0.717, 1.165) is 29.6 Å². The van der Waals surface area contributed by atoms with Crippen LogP contribution in [0.3, 0.4) is 0 Å². The van der Waals surface area contributed by atoms with Gasteiger partial charge in [-0.2, -0.15) is 0 Å². The van der Waals surface area contributed by atoms with Gasteiger partial charge in [-0.3, -0.25) is 4.98 Å². The van der Waals surface area contributed by atoms with E-state index in [2.05, 4.69) is 22.2 Å². The van der Waals surface area contributed by atoms with Crippen LogP contribution in [0.1, 0.15) is 32.6 Å². The van der Waals surface area contributed by atoms with E-state index < -0.39 is 0 Å². The van der Waals surface area contributed by atoms with Gasteiger partial charge in [0, 0.05) is 18.3 Å². The van der Waals surface area contributed by atoms with E-state index in [4.69, 9.17) is 5.73 Å². The van der Waals surface area contributed by atoms with Crippen LogP contribution in [0.5, 0.6) is 0 Å². The highest BCUT2D eigenvalue weighted by atomic mass is 16.3. The Kier molecular flexibility index (Phi) is 5.12. The maximum absolute atomic E-state index is 9.50. The molecule has 2 heterocycles. The largest absolute Gasteiger partial charge is 0.394 e. The first-order chi connectivity index (χ1) is 9.74. The van der Waals surface area contributed by atoms with Gasteiger partial charge in [-0.05, 0) is 18.6 Å². The molecule has 0 aromatic carbocycles. The van der Waals surface area contributed by atoms with Gasteiger partial charge in [0.25, 0.3) is 0 Å². The summed E-state index contributed by atoms with van der Waals surface area (Å²) in [7, 11) is 0. The van der Waals surface area contributed by atoms with Crippen LogP contribution < -0.4 is 11.1 Å². The van der Waals surface area contributed by atoms with Crippen molar-refractivity contribution in [1.29, 1.82) is 0 Å². The second-order valence-electron chi connectivity index (χ2n) is 4.99. The molecule has 2 aromatic rings. The molecule has 0 fully saturated rings. The number of anilines is 2. The predicted molar refractivity (Wildman–Crippen MR) is 82.6 cm³/mol. The highest BCUT2D eigenvalue weighted by Gasteiger charge is 2.11. The average molecular weight is 274 g/mol. The highest BCUT2D eigenvalue weighted by Crippen LogP contribution is 2.23. The van der Waals surface area contributed by atoms with E-state index in [1.165, 1.54) is 12.8 Å². The molecule has 0 spiro atoms. The van der Waals surface area contributed by atoms with Gasteiger partial charge in [0.15, 0.2) is 0 Å². The monoisotopic (exact) mass is 274 g/mol. The number of nitrogens with zero attached hydrogens (tertiary/aromatic N) is 2. The van der Waals surface area contributed by atoms with Crippen molar-refractivity contribution in [2.45, 2.75) is 38.6 Å². The van der Waals surface area contributed by atoms with Gasteiger partial charge < -0.3 is 16.2 Å². The first-order valence-electron chi connectivity index (χ1n) is 7.13. The molecular weight excluding hydrogens is 252 g/mol. The van der Waals surface area contributed by atoms with Crippen LogP contribution >= 0.6 is 0 Å². The van der Waals surface area contributed by atoms with Crippen LogP contribution in [-0.4, -0.2) is 27.7 Å². The molecule has 108 valence electrons. The van der Waals surface area contributed by atoms with Crippen LogP contribution in [0, 0.1) is 0 Å². The molecule has 1 atom stereocenters. The molecule has 0 radical (unpaired) electrons. The lowest BCUT2D eigenvalue weighted by atomic mass is 10.1. The molecule has 0 saturated carbocycles. The van der Waals surface area contributed by atoms with Crippen LogP contribution in [-0.2, 0) is 0 Å². The molecule has 0 aliphatic heterocycles. The van der Waals surface area contributed by atoms with Gasteiger partial charge in [-0.15, -0.1) is 0 Å². The second kappa shape index (κ2) is 7.05. The van der Waals surface area contributed by atoms with E-state index in [0.29, 0.717) is 5.82 Å². The maximum Gasteiger partial charge on any atom is 0.126 e. The number of aliphatic hydroxyl groups excluding tert-OH is 1. The zero-order valence-corrected chi connectivity index (χ0v) is 11.8. The number of aliphatic hydroxyl groups is 1. The second-order valence-corrected chi connectivity index (χ2v) is 4.99. The third-order valence-corrected chi connectivity index (χ3v) is 3.32. The van der Waals surface area contributed by atoms with Crippen LogP contribution in [0.2, 0.25) is 0 Å².